The van der Waals surface area contributed by atoms with Crippen molar-refractivity contribution in [2.45, 2.75) is 20.4 Å². The lowest BCUT2D eigenvalue weighted by Crippen LogP contribution is -2.08. The van der Waals surface area contributed by atoms with Crippen LogP contribution in [0.3, 0.4) is 0 Å². The Morgan fingerprint density at radius 2 is 1.53 bits per heavy atom. The van der Waals surface area contributed by atoms with Gasteiger partial charge < -0.3 is 14.4 Å². The van der Waals surface area contributed by atoms with Crippen LogP contribution in [0.5, 0.6) is 5.75 Å². The van der Waals surface area contributed by atoms with Gasteiger partial charge in [-0.05, 0) is 37.6 Å². The molecule has 0 aliphatic heterocycles. The molecule has 6 rings (SSSR count). The molecule has 4 aromatic carbocycles. The third kappa shape index (κ3) is 3.82. The van der Waals surface area contributed by atoms with Crippen molar-refractivity contribution in [3.05, 3.63) is 114 Å². The smallest absolute Gasteiger partial charge is 0.340 e. The fraction of sp³-hybridized carbons (Fsp3) is 0.125. The summed E-state index contributed by atoms with van der Waals surface area (Å²) < 4.78 is 9.39. The normalized spacial score (nSPS) is 11.3. The van der Waals surface area contributed by atoms with Gasteiger partial charge in [-0.25, -0.2) is 9.48 Å². The molecule has 188 valence electrons. The third-order valence-electron chi connectivity index (χ3n) is 6.92. The van der Waals surface area contributed by atoms with Crippen LogP contribution in [0, 0.1) is 6.92 Å². The molecular weight excluding hydrogens is 474 g/mol. The highest BCUT2D eigenvalue weighted by Crippen LogP contribution is 2.43. The Morgan fingerprint density at radius 1 is 0.895 bits per heavy atom. The number of nitrogens with zero attached hydrogens (tertiary/aromatic N) is 3. The number of aromatic nitrogens is 3. The molecule has 0 atom stereocenters. The summed E-state index contributed by atoms with van der Waals surface area (Å²) in [4.78, 5) is 13.2. The van der Waals surface area contributed by atoms with Crippen LogP contribution < -0.4 is 0 Å². The van der Waals surface area contributed by atoms with Gasteiger partial charge in [0.2, 0.25) is 0 Å². The van der Waals surface area contributed by atoms with Gasteiger partial charge in [-0.1, -0.05) is 78.9 Å². The fourth-order valence-corrected chi connectivity index (χ4v) is 5.23. The van der Waals surface area contributed by atoms with Crippen molar-refractivity contribution >= 4 is 27.8 Å². The lowest BCUT2D eigenvalue weighted by molar-refractivity contribution is 0.0527. The molecule has 0 amide bonds. The van der Waals surface area contributed by atoms with Crippen LogP contribution in [0.2, 0.25) is 0 Å². The maximum Gasteiger partial charge on any atom is 0.340 e. The van der Waals surface area contributed by atoms with Crippen molar-refractivity contribution < 1.29 is 14.6 Å². The van der Waals surface area contributed by atoms with Gasteiger partial charge in [0.15, 0.2) is 0 Å². The quantitative estimate of drug-likeness (QED) is 0.252. The maximum absolute atomic E-state index is 13.2. The molecule has 0 bridgehead atoms. The van der Waals surface area contributed by atoms with E-state index in [9.17, 15) is 9.90 Å². The summed E-state index contributed by atoms with van der Waals surface area (Å²) in [6.45, 7) is 4.54. The molecule has 0 spiro atoms. The first-order valence-electron chi connectivity index (χ1n) is 12.7. The first kappa shape index (κ1) is 23.6. The Balaban J connectivity index is 1.78. The van der Waals surface area contributed by atoms with Crippen LogP contribution >= 0.6 is 0 Å². The zero-order valence-electron chi connectivity index (χ0n) is 21.3. The van der Waals surface area contributed by atoms with Gasteiger partial charge in [-0.3, -0.25) is 0 Å². The Bertz CT molecular complexity index is 1770. The van der Waals surface area contributed by atoms with E-state index in [4.69, 9.17) is 9.84 Å². The van der Waals surface area contributed by atoms with Crippen LogP contribution in [0.1, 0.15) is 28.5 Å². The van der Waals surface area contributed by atoms with Crippen molar-refractivity contribution in [3.63, 3.8) is 0 Å². The van der Waals surface area contributed by atoms with Crippen LogP contribution in [0.15, 0.2) is 97.1 Å². The Hall–Kier alpha value is -4.84. The van der Waals surface area contributed by atoms with E-state index in [0.717, 1.165) is 39.1 Å². The number of phenolic OH excluding ortho intramolecular Hbond substituents is 1. The van der Waals surface area contributed by atoms with E-state index < -0.39 is 5.97 Å². The number of benzene rings is 4. The van der Waals surface area contributed by atoms with Crippen LogP contribution in [0.25, 0.3) is 38.8 Å². The lowest BCUT2D eigenvalue weighted by atomic mass is 10.0. The Kier molecular flexibility index (Phi) is 5.92. The first-order chi connectivity index (χ1) is 18.6. The Labute approximate surface area is 220 Å². The average Bonchev–Trinajstić information content (AvgIpc) is 3.47. The molecule has 0 saturated carbocycles. The second kappa shape index (κ2) is 9.56. The van der Waals surface area contributed by atoms with Gasteiger partial charge in [0.1, 0.15) is 17.0 Å². The second-order valence-corrected chi connectivity index (χ2v) is 9.23. The predicted octanol–water partition coefficient (Wildman–Crippen LogP) is 6.89. The number of aromatic hydroxyl groups is 1. The minimum atomic E-state index is -0.405. The number of hydrogen-bond acceptors (Lipinski definition) is 4. The van der Waals surface area contributed by atoms with E-state index in [1.165, 1.54) is 0 Å². The lowest BCUT2D eigenvalue weighted by Gasteiger charge is -2.11. The number of hydrogen-bond donors (Lipinski definition) is 1. The molecule has 2 aromatic heterocycles. The summed E-state index contributed by atoms with van der Waals surface area (Å²) in [7, 11) is 0. The van der Waals surface area contributed by atoms with Crippen LogP contribution in [-0.2, 0) is 11.3 Å². The van der Waals surface area contributed by atoms with E-state index >= 15 is 0 Å². The molecule has 0 saturated heterocycles. The molecule has 6 nitrogen and oxygen atoms in total. The Morgan fingerprint density at radius 3 is 2.18 bits per heavy atom. The molecular formula is C32H27N3O3. The first-order valence-corrected chi connectivity index (χ1v) is 12.7. The molecule has 38 heavy (non-hydrogen) atoms. The molecule has 2 heterocycles. The van der Waals surface area contributed by atoms with Gasteiger partial charge in [0, 0.05) is 23.2 Å². The molecule has 1 N–H and O–H groups in total. The largest absolute Gasteiger partial charge is 0.506 e. The van der Waals surface area contributed by atoms with Crippen molar-refractivity contribution in [1.29, 1.82) is 0 Å². The van der Waals surface area contributed by atoms with Gasteiger partial charge >= 0.3 is 5.97 Å². The van der Waals surface area contributed by atoms with Crippen molar-refractivity contribution in [3.8, 4) is 22.7 Å². The number of para-hydroxylation sites is 1. The number of fused-ring (bicyclic) bond motifs is 3. The zero-order chi connectivity index (χ0) is 26.2. The standard InChI is InChI=1S/C32H27N3O3/c1-3-38-32(37)27-21(2)34(20-22-13-7-4-8-14-22)30-25(27)19-26(36)31-28(30)29(23-15-9-5-10-16-23)33-35(31)24-17-11-6-12-18-24/h4-19,36H,3,20H2,1-2H3. The summed E-state index contributed by atoms with van der Waals surface area (Å²) >= 11 is 0. The van der Waals surface area contributed by atoms with E-state index in [0.29, 0.717) is 23.0 Å². The number of rotatable bonds is 6. The monoisotopic (exact) mass is 501 g/mol. The zero-order valence-corrected chi connectivity index (χ0v) is 21.3. The van der Waals surface area contributed by atoms with Crippen molar-refractivity contribution in [2.24, 2.45) is 0 Å². The van der Waals surface area contributed by atoms with E-state index in [1.807, 2.05) is 85.8 Å². The molecule has 0 radical (unpaired) electrons. The molecule has 0 fully saturated rings. The second-order valence-electron chi connectivity index (χ2n) is 9.23. The summed E-state index contributed by atoms with van der Waals surface area (Å²) in [6, 6.07) is 31.5. The summed E-state index contributed by atoms with van der Waals surface area (Å²) in [5.41, 5.74) is 6.24. The summed E-state index contributed by atoms with van der Waals surface area (Å²) in [5.74, 6) is -0.356. The van der Waals surface area contributed by atoms with E-state index in [1.54, 1.807) is 17.7 Å². The van der Waals surface area contributed by atoms with Crippen molar-refractivity contribution in [1.82, 2.24) is 14.3 Å². The highest BCUT2D eigenvalue weighted by atomic mass is 16.5. The number of phenols is 1. The fourth-order valence-electron chi connectivity index (χ4n) is 5.23. The third-order valence-corrected chi connectivity index (χ3v) is 6.92. The van der Waals surface area contributed by atoms with Crippen LogP contribution in [0.4, 0.5) is 0 Å². The minimum Gasteiger partial charge on any atom is -0.506 e. The van der Waals surface area contributed by atoms with Gasteiger partial charge in [0.05, 0.1) is 28.8 Å². The average molecular weight is 502 g/mol. The van der Waals surface area contributed by atoms with Crippen molar-refractivity contribution in [2.75, 3.05) is 6.61 Å². The number of ether oxygens (including phenoxy) is 1. The summed E-state index contributed by atoms with van der Waals surface area (Å²) in [5, 5.41) is 17.9. The van der Waals surface area contributed by atoms with Gasteiger partial charge in [0.25, 0.3) is 0 Å². The minimum absolute atomic E-state index is 0.0495. The van der Waals surface area contributed by atoms with Crippen LogP contribution in [-0.4, -0.2) is 32.0 Å². The molecule has 0 unspecified atom stereocenters. The number of esters is 1. The molecule has 6 heteroatoms. The number of carbonyl (C=O) groups excluding carboxylic acids is 1. The SMILES string of the molecule is CCOC(=O)c1c(C)n(Cc2ccccc2)c2c1cc(O)c1c2c(-c2ccccc2)nn1-c1ccccc1. The number of carbonyl (C=O) groups is 1. The topological polar surface area (TPSA) is 69.3 Å². The highest BCUT2D eigenvalue weighted by molar-refractivity contribution is 6.19. The van der Waals surface area contributed by atoms with E-state index in [2.05, 4.69) is 16.7 Å². The van der Waals surface area contributed by atoms with E-state index in [-0.39, 0.29) is 12.4 Å². The molecule has 0 aliphatic rings. The van der Waals surface area contributed by atoms with Gasteiger partial charge in [-0.2, -0.15) is 5.10 Å². The predicted molar refractivity (Wildman–Crippen MR) is 150 cm³/mol. The van der Waals surface area contributed by atoms with Gasteiger partial charge in [-0.15, -0.1) is 0 Å². The molecule has 0 aliphatic carbocycles. The summed E-state index contributed by atoms with van der Waals surface area (Å²) in [6.07, 6.45) is 0. The molecule has 6 aromatic rings. The maximum atomic E-state index is 13.2. The highest BCUT2D eigenvalue weighted by Gasteiger charge is 2.28.